The second kappa shape index (κ2) is 8.31. The topological polar surface area (TPSA) is 62.6 Å². The second-order valence-electron chi connectivity index (χ2n) is 6.52. The number of morpholine rings is 1. The number of hydrogen-bond donors (Lipinski definition) is 1. The Labute approximate surface area is 138 Å². The number of carbonyl (C=O) groups excluding carboxylic acids is 1. The Hall–Kier alpha value is -1.60. The summed E-state index contributed by atoms with van der Waals surface area (Å²) in [4.78, 5) is 16.4. The van der Waals surface area contributed by atoms with E-state index in [9.17, 15) is 4.79 Å². The van der Waals surface area contributed by atoms with E-state index < -0.39 is 0 Å². The highest BCUT2D eigenvalue weighted by Gasteiger charge is 2.24. The number of hydrogen-bond acceptors (Lipinski definition) is 4. The fourth-order valence-electron chi connectivity index (χ4n) is 2.92. The molecule has 7 heteroatoms. The highest BCUT2D eigenvalue weighted by atomic mass is 16.5. The van der Waals surface area contributed by atoms with Crippen LogP contribution in [0.25, 0.3) is 0 Å². The van der Waals surface area contributed by atoms with Gasteiger partial charge in [0.2, 0.25) is 0 Å². The Morgan fingerprint density at radius 3 is 2.70 bits per heavy atom. The number of aromatic nitrogens is 2. The Balaban J connectivity index is 1.82. The maximum atomic E-state index is 12.3. The first-order valence-electron chi connectivity index (χ1n) is 8.25. The van der Waals surface area contributed by atoms with Crippen LogP contribution >= 0.6 is 0 Å². The fourth-order valence-corrected chi connectivity index (χ4v) is 2.92. The van der Waals surface area contributed by atoms with Gasteiger partial charge in [0.1, 0.15) is 0 Å². The third kappa shape index (κ3) is 5.21. The summed E-state index contributed by atoms with van der Waals surface area (Å²) in [6.07, 6.45) is 3.71. The number of nitrogens with zero attached hydrogens (tertiary/aromatic N) is 4. The summed E-state index contributed by atoms with van der Waals surface area (Å²) in [7, 11) is 3.68. The van der Waals surface area contributed by atoms with Gasteiger partial charge in [0.25, 0.3) is 0 Å². The van der Waals surface area contributed by atoms with Gasteiger partial charge < -0.3 is 15.0 Å². The molecular weight excluding hydrogens is 294 g/mol. The summed E-state index contributed by atoms with van der Waals surface area (Å²) in [5.74, 6) is 0.483. The third-order valence-corrected chi connectivity index (χ3v) is 4.27. The van der Waals surface area contributed by atoms with Crippen molar-refractivity contribution in [3.8, 4) is 0 Å². The van der Waals surface area contributed by atoms with Crippen LogP contribution in [-0.4, -0.2) is 71.5 Å². The third-order valence-electron chi connectivity index (χ3n) is 4.27. The zero-order chi connectivity index (χ0) is 16.8. The minimum atomic E-state index is -0.0484. The molecule has 2 amide bonds. The van der Waals surface area contributed by atoms with Crippen molar-refractivity contribution in [1.29, 1.82) is 0 Å². The lowest BCUT2D eigenvalue weighted by Crippen LogP contribution is -2.52. The molecule has 1 atom stereocenters. The van der Waals surface area contributed by atoms with Crippen molar-refractivity contribution in [2.75, 3.05) is 39.9 Å². The summed E-state index contributed by atoms with van der Waals surface area (Å²) < 4.78 is 7.16. The van der Waals surface area contributed by atoms with Gasteiger partial charge in [-0.3, -0.25) is 9.58 Å². The molecule has 0 aliphatic carbocycles. The average molecular weight is 323 g/mol. The summed E-state index contributed by atoms with van der Waals surface area (Å²) in [5.41, 5.74) is 1.03. The molecule has 0 spiro atoms. The molecular formula is C16H29N5O2. The molecule has 2 heterocycles. The minimum absolute atomic E-state index is 0.0484. The molecule has 0 saturated carbocycles. The predicted molar refractivity (Wildman–Crippen MR) is 89.1 cm³/mol. The number of carbonyl (C=O) groups is 1. The largest absolute Gasteiger partial charge is 0.379 e. The van der Waals surface area contributed by atoms with Gasteiger partial charge >= 0.3 is 6.03 Å². The summed E-state index contributed by atoms with van der Waals surface area (Å²) in [5, 5.41) is 7.19. The minimum Gasteiger partial charge on any atom is -0.379 e. The number of aryl methyl sites for hydroxylation is 1. The van der Waals surface area contributed by atoms with Crippen molar-refractivity contribution in [1.82, 2.24) is 24.9 Å². The van der Waals surface area contributed by atoms with E-state index in [1.165, 1.54) is 0 Å². The first-order chi connectivity index (χ1) is 11.0. The smallest absolute Gasteiger partial charge is 0.317 e. The van der Waals surface area contributed by atoms with Gasteiger partial charge in [0, 0.05) is 51.5 Å². The van der Waals surface area contributed by atoms with Crippen LogP contribution < -0.4 is 5.32 Å². The van der Waals surface area contributed by atoms with Gasteiger partial charge in [-0.15, -0.1) is 0 Å². The molecule has 1 saturated heterocycles. The van der Waals surface area contributed by atoms with Crippen LogP contribution in [0, 0.1) is 5.92 Å². The van der Waals surface area contributed by atoms with E-state index in [2.05, 4.69) is 29.2 Å². The lowest BCUT2D eigenvalue weighted by molar-refractivity contribution is 0.00697. The number of rotatable bonds is 6. The standard InChI is InChI=1S/C16H29N5O2/c1-13(2)15(21-5-7-23-8-6-21)10-17-16(22)19(3)11-14-9-18-20(4)12-14/h9,12-13,15H,5-8,10-11H2,1-4H3,(H,17,22)/t15-/m1/s1. The Bertz CT molecular complexity index is 496. The molecule has 1 N–H and O–H groups in total. The Morgan fingerprint density at radius 2 is 2.13 bits per heavy atom. The van der Waals surface area contributed by atoms with Crippen LogP contribution in [0.5, 0.6) is 0 Å². The van der Waals surface area contributed by atoms with E-state index in [-0.39, 0.29) is 6.03 Å². The van der Waals surface area contributed by atoms with E-state index in [4.69, 9.17) is 4.74 Å². The van der Waals surface area contributed by atoms with E-state index in [1.807, 2.05) is 13.2 Å². The molecule has 2 rings (SSSR count). The first-order valence-corrected chi connectivity index (χ1v) is 8.25. The maximum absolute atomic E-state index is 12.3. The van der Waals surface area contributed by atoms with Crippen molar-refractivity contribution >= 4 is 6.03 Å². The molecule has 7 nitrogen and oxygen atoms in total. The van der Waals surface area contributed by atoms with Crippen molar-refractivity contribution in [3.05, 3.63) is 18.0 Å². The number of nitrogens with one attached hydrogen (secondary N) is 1. The van der Waals surface area contributed by atoms with Gasteiger partial charge in [0.05, 0.1) is 26.0 Å². The van der Waals surface area contributed by atoms with Crippen molar-refractivity contribution in [3.63, 3.8) is 0 Å². The molecule has 23 heavy (non-hydrogen) atoms. The van der Waals surface area contributed by atoms with Crippen LogP contribution in [0.15, 0.2) is 12.4 Å². The molecule has 1 aliphatic heterocycles. The first kappa shape index (κ1) is 17.7. The fraction of sp³-hybridized carbons (Fsp3) is 0.750. The highest BCUT2D eigenvalue weighted by molar-refractivity contribution is 5.73. The van der Waals surface area contributed by atoms with E-state index in [0.29, 0.717) is 25.0 Å². The SMILES string of the molecule is CC(C)[C@@H](CNC(=O)N(C)Cc1cnn(C)c1)N1CCOCC1. The molecule has 0 radical (unpaired) electrons. The van der Waals surface area contributed by atoms with Crippen LogP contribution in [0.4, 0.5) is 4.79 Å². The van der Waals surface area contributed by atoms with E-state index in [1.54, 1.807) is 22.8 Å². The Morgan fingerprint density at radius 1 is 1.43 bits per heavy atom. The average Bonchev–Trinajstić information content (AvgIpc) is 2.93. The molecule has 1 aliphatic rings. The van der Waals surface area contributed by atoms with Crippen LogP contribution in [0.1, 0.15) is 19.4 Å². The van der Waals surface area contributed by atoms with E-state index in [0.717, 1.165) is 31.9 Å². The molecule has 1 fully saturated rings. The highest BCUT2D eigenvalue weighted by Crippen LogP contribution is 2.12. The van der Waals surface area contributed by atoms with Crippen molar-refractivity contribution in [2.45, 2.75) is 26.4 Å². The maximum Gasteiger partial charge on any atom is 0.317 e. The number of ether oxygens (including phenoxy) is 1. The second-order valence-corrected chi connectivity index (χ2v) is 6.52. The molecule has 0 bridgehead atoms. The van der Waals surface area contributed by atoms with Gasteiger partial charge in [-0.05, 0) is 5.92 Å². The zero-order valence-electron chi connectivity index (χ0n) is 14.7. The Kier molecular flexibility index (Phi) is 6.41. The van der Waals surface area contributed by atoms with Gasteiger partial charge in [-0.1, -0.05) is 13.8 Å². The summed E-state index contributed by atoms with van der Waals surface area (Å²) in [6, 6.07) is 0.294. The lowest BCUT2D eigenvalue weighted by atomic mass is 10.0. The molecule has 130 valence electrons. The number of amides is 2. The molecule has 0 aromatic carbocycles. The van der Waals surface area contributed by atoms with Crippen LogP contribution in [0.3, 0.4) is 0 Å². The monoisotopic (exact) mass is 323 g/mol. The van der Waals surface area contributed by atoms with Crippen LogP contribution in [0.2, 0.25) is 0 Å². The predicted octanol–water partition coefficient (Wildman–Crippen LogP) is 0.918. The summed E-state index contributed by atoms with van der Waals surface area (Å²) >= 11 is 0. The molecule has 1 aromatic heterocycles. The normalized spacial score (nSPS) is 17.3. The molecule has 0 unspecified atom stereocenters. The quantitative estimate of drug-likeness (QED) is 0.845. The van der Waals surface area contributed by atoms with Gasteiger partial charge in [0.15, 0.2) is 0 Å². The van der Waals surface area contributed by atoms with Crippen LogP contribution in [-0.2, 0) is 18.3 Å². The molecule has 1 aromatic rings. The summed E-state index contributed by atoms with van der Waals surface area (Å²) in [6.45, 7) is 9.04. The van der Waals surface area contributed by atoms with E-state index >= 15 is 0 Å². The number of urea groups is 1. The lowest BCUT2D eigenvalue weighted by Gasteiger charge is -2.37. The zero-order valence-corrected chi connectivity index (χ0v) is 14.7. The van der Waals surface area contributed by atoms with Gasteiger partial charge in [-0.2, -0.15) is 5.10 Å². The van der Waals surface area contributed by atoms with Gasteiger partial charge in [-0.25, -0.2) is 4.79 Å². The van der Waals surface area contributed by atoms with Crippen molar-refractivity contribution in [2.24, 2.45) is 13.0 Å². The van der Waals surface area contributed by atoms with Crippen molar-refractivity contribution < 1.29 is 9.53 Å².